The van der Waals surface area contributed by atoms with Crippen molar-refractivity contribution in [2.45, 2.75) is 6.92 Å². The normalized spacial score (nSPS) is 9.81. The maximum Gasteiger partial charge on any atom is 0.341 e. The van der Waals surface area contributed by atoms with Crippen LogP contribution in [0.2, 0.25) is 0 Å². The molecule has 0 saturated heterocycles. The molecule has 6 heteroatoms. The summed E-state index contributed by atoms with van der Waals surface area (Å²) in [5.74, 6) is -2.04. The van der Waals surface area contributed by atoms with Crippen molar-refractivity contribution in [1.82, 2.24) is 0 Å². The van der Waals surface area contributed by atoms with Crippen LogP contribution in [0.25, 0.3) is 0 Å². The van der Waals surface area contributed by atoms with E-state index in [1.165, 1.54) is 12.1 Å². The lowest BCUT2D eigenvalue weighted by Crippen LogP contribution is -2.15. The molecule has 16 heavy (non-hydrogen) atoms. The molecule has 0 saturated carbocycles. The number of carbonyl (C=O) groups is 2. The minimum Gasteiger partial charge on any atom is -0.478 e. The molecule has 0 radical (unpaired) electrons. The molecule has 0 aliphatic carbocycles. The van der Waals surface area contributed by atoms with Gasteiger partial charge in [-0.2, -0.15) is 0 Å². The van der Waals surface area contributed by atoms with E-state index in [-0.39, 0.29) is 29.1 Å². The molecule has 0 heterocycles. The van der Waals surface area contributed by atoms with Gasteiger partial charge in [-0.3, -0.25) is 0 Å². The molecule has 0 spiro atoms. The van der Waals surface area contributed by atoms with E-state index in [0.717, 1.165) is 0 Å². The van der Waals surface area contributed by atoms with Gasteiger partial charge in [0, 0.05) is 11.4 Å². The highest BCUT2D eigenvalue weighted by Crippen LogP contribution is 2.22. The molecule has 6 nitrogen and oxygen atoms in total. The van der Waals surface area contributed by atoms with Crippen LogP contribution < -0.4 is 11.5 Å². The Labute approximate surface area is 91.8 Å². The van der Waals surface area contributed by atoms with E-state index in [2.05, 4.69) is 0 Å². The molecule has 1 aromatic rings. The van der Waals surface area contributed by atoms with Crippen molar-refractivity contribution >= 4 is 23.3 Å². The summed E-state index contributed by atoms with van der Waals surface area (Å²) < 4.78 is 4.72. The molecular formula is C10H12N2O4. The first-order valence-corrected chi connectivity index (χ1v) is 4.56. The van der Waals surface area contributed by atoms with E-state index < -0.39 is 11.9 Å². The van der Waals surface area contributed by atoms with Gasteiger partial charge in [0.25, 0.3) is 0 Å². The van der Waals surface area contributed by atoms with E-state index in [0.29, 0.717) is 0 Å². The summed E-state index contributed by atoms with van der Waals surface area (Å²) in [6, 6.07) is 2.49. The van der Waals surface area contributed by atoms with Crippen molar-refractivity contribution in [2.75, 3.05) is 18.1 Å². The molecule has 86 valence electrons. The number of nitrogens with two attached hydrogens (primary N) is 2. The van der Waals surface area contributed by atoms with Gasteiger partial charge in [-0.15, -0.1) is 0 Å². The first-order chi connectivity index (χ1) is 7.47. The average Bonchev–Trinajstić information content (AvgIpc) is 2.16. The Kier molecular flexibility index (Phi) is 3.34. The number of rotatable bonds is 3. The maximum atomic E-state index is 11.5. The highest BCUT2D eigenvalue weighted by Gasteiger charge is 2.21. The molecule has 0 amide bonds. The number of ether oxygens (including phenoxy) is 1. The number of carboxylic acid groups (broad SMARTS) is 1. The molecule has 1 rings (SSSR count). The predicted molar refractivity (Wildman–Crippen MR) is 58.2 cm³/mol. The fraction of sp³-hybridized carbons (Fsp3) is 0.200. The van der Waals surface area contributed by atoms with E-state index in [4.69, 9.17) is 21.3 Å². The second-order valence-corrected chi connectivity index (χ2v) is 3.06. The van der Waals surface area contributed by atoms with Crippen LogP contribution in [0.3, 0.4) is 0 Å². The van der Waals surface area contributed by atoms with Gasteiger partial charge in [0.1, 0.15) is 0 Å². The quantitative estimate of drug-likeness (QED) is 0.514. The first kappa shape index (κ1) is 11.8. The van der Waals surface area contributed by atoms with Crippen LogP contribution in [0.5, 0.6) is 0 Å². The third kappa shape index (κ3) is 2.22. The Morgan fingerprint density at radius 3 is 2.50 bits per heavy atom. The summed E-state index contributed by atoms with van der Waals surface area (Å²) in [7, 11) is 0. The fourth-order valence-electron chi connectivity index (χ4n) is 1.29. The summed E-state index contributed by atoms with van der Waals surface area (Å²) in [6.07, 6.45) is 0. The number of hydrogen-bond acceptors (Lipinski definition) is 5. The Balaban J connectivity index is 3.35. The molecular weight excluding hydrogens is 212 g/mol. The molecule has 0 bridgehead atoms. The SMILES string of the molecule is CCOC(=O)c1c(N)cc(N)cc1C(=O)O. The van der Waals surface area contributed by atoms with Crippen LogP contribution in [0.15, 0.2) is 12.1 Å². The lowest BCUT2D eigenvalue weighted by molar-refractivity contribution is 0.0516. The number of carbonyl (C=O) groups excluding carboxylic acids is 1. The van der Waals surface area contributed by atoms with Gasteiger partial charge in [-0.05, 0) is 19.1 Å². The number of nitrogen functional groups attached to an aromatic ring is 2. The Morgan fingerprint density at radius 1 is 1.38 bits per heavy atom. The highest BCUT2D eigenvalue weighted by atomic mass is 16.5. The molecule has 0 aliphatic rings. The van der Waals surface area contributed by atoms with Crippen molar-refractivity contribution in [2.24, 2.45) is 0 Å². The second kappa shape index (κ2) is 4.52. The number of benzene rings is 1. The number of hydrogen-bond donors (Lipinski definition) is 3. The minimum absolute atomic E-state index is 0.00384. The second-order valence-electron chi connectivity index (χ2n) is 3.06. The van der Waals surface area contributed by atoms with Gasteiger partial charge in [-0.25, -0.2) is 9.59 Å². The number of esters is 1. The maximum absolute atomic E-state index is 11.5. The molecule has 0 atom stereocenters. The Morgan fingerprint density at radius 2 is 2.00 bits per heavy atom. The number of anilines is 2. The summed E-state index contributed by atoms with van der Waals surface area (Å²) in [5, 5.41) is 8.91. The van der Waals surface area contributed by atoms with Gasteiger partial charge in [0.2, 0.25) is 0 Å². The van der Waals surface area contributed by atoms with Crippen molar-refractivity contribution in [3.8, 4) is 0 Å². The van der Waals surface area contributed by atoms with E-state index >= 15 is 0 Å². The minimum atomic E-state index is -1.28. The van der Waals surface area contributed by atoms with Gasteiger partial charge in [0.15, 0.2) is 0 Å². The van der Waals surface area contributed by atoms with E-state index in [1.54, 1.807) is 6.92 Å². The Bertz CT molecular complexity index is 443. The topological polar surface area (TPSA) is 116 Å². The lowest BCUT2D eigenvalue weighted by atomic mass is 10.0. The molecule has 0 fully saturated rings. The largest absolute Gasteiger partial charge is 0.478 e. The molecule has 0 aliphatic heterocycles. The van der Waals surface area contributed by atoms with Gasteiger partial charge in [0.05, 0.1) is 17.7 Å². The van der Waals surface area contributed by atoms with Crippen LogP contribution in [-0.2, 0) is 4.74 Å². The van der Waals surface area contributed by atoms with Crippen LogP contribution in [0, 0.1) is 0 Å². The zero-order valence-electron chi connectivity index (χ0n) is 8.69. The van der Waals surface area contributed by atoms with E-state index in [9.17, 15) is 9.59 Å². The monoisotopic (exact) mass is 224 g/mol. The highest BCUT2D eigenvalue weighted by molar-refractivity contribution is 6.07. The number of aromatic carboxylic acids is 1. The van der Waals surface area contributed by atoms with Crippen LogP contribution in [0.4, 0.5) is 11.4 Å². The van der Waals surface area contributed by atoms with Crippen molar-refractivity contribution in [3.63, 3.8) is 0 Å². The third-order valence-corrected chi connectivity index (χ3v) is 1.90. The van der Waals surface area contributed by atoms with Gasteiger partial charge >= 0.3 is 11.9 Å². The average molecular weight is 224 g/mol. The summed E-state index contributed by atoms with van der Waals surface area (Å²) >= 11 is 0. The van der Waals surface area contributed by atoms with Crippen molar-refractivity contribution in [1.29, 1.82) is 0 Å². The zero-order chi connectivity index (χ0) is 12.3. The number of carboxylic acids is 1. The lowest BCUT2D eigenvalue weighted by Gasteiger charge is -2.09. The molecule has 0 aromatic heterocycles. The molecule has 1 aromatic carbocycles. The fourth-order valence-corrected chi connectivity index (χ4v) is 1.29. The van der Waals surface area contributed by atoms with Gasteiger partial charge in [-0.1, -0.05) is 0 Å². The van der Waals surface area contributed by atoms with Crippen molar-refractivity contribution in [3.05, 3.63) is 23.3 Å². The molecule has 5 N–H and O–H groups in total. The summed E-state index contributed by atoms with van der Waals surface area (Å²) in [6.45, 7) is 1.76. The van der Waals surface area contributed by atoms with Crippen molar-refractivity contribution < 1.29 is 19.4 Å². The predicted octanol–water partition coefficient (Wildman–Crippen LogP) is 0.726. The van der Waals surface area contributed by atoms with Crippen LogP contribution in [0.1, 0.15) is 27.6 Å². The van der Waals surface area contributed by atoms with Crippen LogP contribution >= 0.6 is 0 Å². The van der Waals surface area contributed by atoms with Gasteiger partial charge < -0.3 is 21.3 Å². The Hall–Kier alpha value is -2.24. The summed E-state index contributed by atoms with van der Waals surface area (Å²) in [4.78, 5) is 22.4. The molecule has 0 unspecified atom stereocenters. The first-order valence-electron chi connectivity index (χ1n) is 4.56. The summed E-state index contributed by atoms with van der Waals surface area (Å²) in [5.41, 5.74) is 10.8. The van der Waals surface area contributed by atoms with E-state index in [1.807, 2.05) is 0 Å². The standard InChI is InChI=1S/C10H12N2O4/c1-2-16-10(15)8-6(9(13)14)3-5(11)4-7(8)12/h3-4H,2,11-12H2,1H3,(H,13,14). The third-order valence-electron chi connectivity index (χ3n) is 1.90. The smallest absolute Gasteiger partial charge is 0.341 e. The zero-order valence-corrected chi connectivity index (χ0v) is 8.69. The van der Waals surface area contributed by atoms with Crippen LogP contribution in [-0.4, -0.2) is 23.7 Å².